The number of hydrogen-bond acceptors (Lipinski definition) is 6. The Balaban J connectivity index is 2.17. The van der Waals surface area contributed by atoms with Crippen LogP contribution in [0.4, 0.5) is 5.13 Å². The summed E-state index contributed by atoms with van der Waals surface area (Å²) in [6.07, 6.45) is 0. The molecule has 0 spiro atoms. The summed E-state index contributed by atoms with van der Waals surface area (Å²) in [6.45, 7) is 5.49. The normalized spacial score (nSPS) is 9.95. The summed E-state index contributed by atoms with van der Waals surface area (Å²) in [5, 5.41) is 6.15. The largest absolute Gasteiger partial charge is 0.462 e. The van der Waals surface area contributed by atoms with Crippen LogP contribution in [0.5, 0.6) is 0 Å². The lowest BCUT2D eigenvalue weighted by Gasteiger charge is -2.02. The van der Waals surface area contributed by atoms with Crippen molar-refractivity contribution in [1.29, 1.82) is 0 Å². The van der Waals surface area contributed by atoms with E-state index < -0.39 is 0 Å². The standard InChI is InChI=1S/C13H13N3O2S/c1-3-18-12(17)10-6-4-9(5-7-10)11-8-19-13(15-11)16-14-2/h4-8H,2-3H2,1H3,(H,15,16). The van der Waals surface area contributed by atoms with Crippen LogP contribution in [0, 0.1) is 0 Å². The third-order valence-corrected chi connectivity index (χ3v) is 3.12. The Bertz CT molecular complexity index is 578. The molecule has 0 bridgehead atoms. The van der Waals surface area contributed by atoms with Gasteiger partial charge in [0, 0.05) is 17.7 Å². The van der Waals surface area contributed by atoms with Crippen molar-refractivity contribution >= 4 is 29.2 Å². The molecule has 6 heteroatoms. The number of thiazole rings is 1. The van der Waals surface area contributed by atoms with E-state index in [2.05, 4.69) is 22.2 Å². The molecule has 1 N–H and O–H groups in total. The molecule has 1 heterocycles. The van der Waals surface area contributed by atoms with Crippen LogP contribution >= 0.6 is 11.3 Å². The molecule has 2 rings (SSSR count). The van der Waals surface area contributed by atoms with Gasteiger partial charge >= 0.3 is 5.97 Å². The molecule has 19 heavy (non-hydrogen) atoms. The molecule has 5 nitrogen and oxygen atoms in total. The molecule has 0 amide bonds. The molecule has 2 aromatic rings. The van der Waals surface area contributed by atoms with Gasteiger partial charge in [-0.1, -0.05) is 12.1 Å². The Morgan fingerprint density at radius 3 is 2.84 bits per heavy atom. The van der Waals surface area contributed by atoms with Gasteiger partial charge in [-0.15, -0.1) is 11.3 Å². The Hall–Kier alpha value is -2.21. The van der Waals surface area contributed by atoms with Crippen LogP contribution in [0.15, 0.2) is 34.7 Å². The van der Waals surface area contributed by atoms with Crippen LogP contribution < -0.4 is 5.43 Å². The minimum Gasteiger partial charge on any atom is -0.462 e. The smallest absolute Gasteiger partial charge is 0.338 e. The number of carbonyl (C=O) groups excluding carboxylic acids is 1. The Morgan fingerprint density at radius 2 is 2.21 bits per heavy atom. The van der Waals surface area contributed by atoms with Crippen molar-refractivity contribution in [1.82, 2.24) is 4.98 Å². The van der Waals surface area contributed by atoms with E-state index >= 15 is 0 Å². The Kier molecular flexibility index (Phi) is 4.25. The fraction of sp³-hybridized carbons (Fsp3) is 0.154. The molecule has 0 fully saturated rings. The number of hydrogen-bond donors (Lipinski definition) is 1. The number of nitrogens with one attached hydrogen (secondary N) is 1. The van der Waals surface area contributed by atoms with Gasteiger partial charge < -0.3 is 4.74 Å². The molecular weight excluding hydrogens is 262 g/mol. The van der Waals surface area contributed by atoms with Crippen LogP contribution in [-0.4, -0.2) is 24.3 Å². The van der Waals surface area contributed by atoms with Gasteiger partial charge in [0.2, 0.25) is 5.13 Å². The molecule has 0 saturated heterocycles. The maximum absolute atomic E-state index is 11.5. The van der Waals surface area contributed by atoms with Crippen LogP contribution in [-0.2, 0) is 4.74 Å². The number of anilines is 1. The lowest BCUT2D eigenvalue weighted by atomic mass is 10.1. The molecule has 0 unspecified atom stereocenters. The third kappa shape index (κ3) is 3.17. The van der Waals surface area contributed by atoms with Crippen molar-refractivity contribution in [2.45, 2.75) is 6.92 Å². The Labute approximate surface area is 114 Å². The highest BCUT2D eigenvalue weighted by atomic mass is 32.1. The van der Waals surface area contributed by atoms with Crippen LogP contribution in [0.1, 0.15) is 17.3 Å². The van der Waals surface area contributed by atoms with Crippen molar-refractivity contribution < 1.29 is 9.53 Å². The fourth-order valence-electron chi connectivity index (χ4n) is 1.52. The highest BCUT2D eigenvalue weighted by molar-refractivity contribution is 7.14. The zero-order chi connectivity index (χ0) is 13.7. The van der Waals surface area contributed by atoms with Gasteiger partial charge in [0.15, 0.2) is 0 Å². The molecular formula is C13H13N3O2S. The van der Waals surface area contributed by atoms with Crippen molar-refractivity contribution in [3.63, 3.8) is 0 Å². The summed E-state index contributed by atoms with van der Waals surface area (Å²) in [5.74, 6) is -0.314. The highest BCUT2D eigenvalue weighted by Crippen LogP contribution is 2.25. The highest BCUT2D eigenvalue weighted by Gasteiger charge is 2.08. The molecule has 0 radical (unpaired) electrons. The van der Waals surface area contributed by atoms with Gasteiger partial charge in [-0.25, -0.2) is 9.78 Å². The molecule has 1 aromatic carbocycles. The van der Waals surface area contributed by atoms with Gasteiger partial charge in [0.1, 0.15) is 0 Å². The summed E-state index contributed by atoms with van der Waals surface area (Å²) in [4.78, 5) is 15.9. The summed E-state index contributed by atoms with van der Waals surface area (Å²) in [6, 6.07) is 7.13. The molecule has 1 aromatic heterocycles. The van der Waals surface area contributed by atoms with Gasteiger partial charge in [0.25, 0.3) is 0 Å². The first kappa shape index (κ1) is 13.2. The maximum Gasteiger partial charge on any atom is 0.338 e. The first-order valence-electron chi connectivity index (χ1n) is 5.69. The molecule has 0 aliphatic carbocycles. The maximum atomic E-state index is 11.5. The second-order valence-corrected chi connectivity index (χ2v) is 4.46. The number of carbonyl (C=O) groups is 1. The monoisotopic (exact) mass is 275 g/mol. The SMILES string of the molecule is C=NNc1nc(-c2ccc(C(=O)OCC)cc2)cs1. The quantitative estimate of drug-likeness (QED) is 0.517. The number of hydrazone groups is 1. The zero-order valence-electron chi connectivity index (χ0n) is 10.4. The third-order valence-electron chi connectivity index (χ3n) is 2.37. The minimum atomic E-state index is -0.314. The summed E-state index contributed by atoms with van der Waals surface area (Å²) in [7, 11) is 0. The number of aromatic nitrogens is 1. The van der Waals surface area contributed by atoms with Crippen LogP contribution in [0.25, 0.3) is 11.3 Å². The molecule has 98 valence electrons. The molecule has 0 atom stereocenters. The van der Waals surface area contributed by atoms with E-state index in [1.165, 1.54) is 11.3 Å². The van der Waals surface area contributed by atoms with Crippen molar-refractivity contribution in [3.8, 4) is 11.3 Å². The second-order valence-electron chi connectivity index (χ2n) is 3.61. The number of benzene rings is 1. The lowest BCUT2D eigenvalue weighted by Crippen LogP contribution is -2.03. The van der Waals surface area contributed by atoms with E-state index in [0.717, 1.165) is 11.3 Å². The van der Waals surface area contributed by atoms with Crippen molar-refractivity contribution in [3.05, 3.63) is 35.2 Å². The predicted molar refractivity (Wildman–Crippen MR) is 76.7 cm³/mol. The zero-order valence-corrected chi connectivity index (χ0v) is 11.2. The average molecular weight is 275 g/mol. The Morgan fingerprint density at radius 1 is 1.47 bits per heavy atom. The van der Waals surface area contributed by atoms with E-state index in [4.69, 9.17) is 4.74 Å². The first-order valence-corrected chi connectivity index (χ1v) is 6.57. The van der Waals surface area contributed by atoms with E-state index in [1.807, 2.05) is 17.5 Å². The van der Waals surface area contributed by atoms with E-state index in [-0.39, 0.29) is 5.97 Å². The van der Waals surface area contributed by atoms with E-state index in [9.17, 15) is 4.79 Å². The number of ether oxygens (including phenoxy) is 1. The minimum absolute atomic E-state index is 0.314. The van der Waals surface area contributed by atoms with Crippen LogP contribution in [0.3, 0.4) is 0 Å². The topological polar surface area (TPSA) is 63.6 Å². The molecule has 0 aliphatic rings. The summed E-state index contributed by atoms with van der Waals surface area (Å²) >= 11 is 1.44. The second kappa shape index (κ2) is 6.10. The first-order chi connectivity index (χ1) is 9.24. The number of esters is 1. The number of nitrogens with zero attached hydrogens (tertiary/aromatic N) is 2. The van der Waals surface area contributed by atoms with Crippen molar-refractivity contribution in [2.75, 3.05) is 12.0 Å². The summed E-state index contributed by atoms with van der Waals surface area (Å²) in [5.41, 5.74) is 4.98. The summed E-state index contributed by atoms with van der Waals surface area (Å²) < 4.78 is 4.93. The van der Waals surface area contributed by atoms with Crippen molar-refractivity contribution in [2.24, 2.45) is 5.10 Å². The number of rotatable bonds is 5. The van der Waals surface area contributed by atoms with E-state index in [0.29, 0.717) is 17.3 Å². The van der Waals surface area contributed by atoms with E-state index in [1.54, 1.807) is 19.1 Å². The predicted octanol–water partition coefficient (Wildman–Crippen LogP) is 3.01. The van der Waals surface area contributed by atoms with Gasteiger partial charge in [-0.3, -0.25) is 5.43 Å². The van der Waals surface area contributed by atoms with Gasteiger partial charge in [-0.2, -0.15) is 5.10 Å². The molecule has 0 aliphatic heterocycles. The van der Waals surface area contributed by atoms with Crippen LogP contribution in [0.2, 0.25) is 0 Å². The fourth-order valence-corrected chi connectivity index (χ4v) is 2.20. The molecule has 0 saturated carbocycles. The van der Waals surface area contributed by atoms with Gasteiger partial charge in [-0.05, 0) is 19.1 Å². The average Bonchev–Trinajstić information content (AvgIpc) is 2.88. The lowest BCUT2D eigenvalue weighted by molar-refractivity contribution is 0.0526. The van der Waals surface area contributed by atoms with Gasteiger partial charge in [0.05, 0.1) is 17.9 Å².